The number of methoxy groups -OCH3 is 1. The Bertz CT molecular complexity index is 927. The average molecular weight is 364 g/mol. The molecule has 0 aliphatic carbocycles. The number of aromatic nitrogens is 2. The maximum Gasteiger partial charge on any atom is 0.119 e. The zero-order chi connectivity index (χ0) is 18.8. The van der Waals surface area contributed by atoms with Crippen molar-refractivity contribution in [1.29, 1.82) is 0 Å². The maximum atomic E-state index is 5.51. The lowest BCUT2D eigenvalue weighted by Gasteiger charge is -2.27. The van der Waals surface area contributed by atoms with Crippen molar-refractivity contribution in [2.45, 2.75) is 46.2 Å². The molecule has 3 heterocycles. The first-order valence-corrected chi connectivity index (χ1v) is 10.0. The number of fused-ring (bicyclic) bond motifs is 3. The molecule has 142 valence electrons. The van der Waals surface area contributed by atoms with Crippen molar-refractivity contribution in [3.8, 4) is 5.75 Å². The van der Waals surface area contributed by atoms with E-state index in [0.29, 0.717) is 0 Å². The molecule has 0 bridgehead atoms. The molecule has 4 heteroatoms. The minimum Gasteiger partial charge on any atom is -0.497 e. The molecule has 3 aromatic rings. The zero-order valence-corrected chi connectivity index (χ0v) is 16.7. The molecule has 0 amide bonds. The normalized spacial score (nSPS) is 14.5. The monoisotopic (exact) mass is 363 g/mol. The van der Waals surface area contributed by atoms with E-state index < -0.39 is 0 Å². The fraction of sp³-hybridized carbons (Fsp3) is 0.435. The summed E-state index contributed by atoms with van der Waals surface area (Å²) in [6.07, 6.45) is 5.35. The molecule has 4 rings (SSSR count). The maximum absolute atomic E-state index is 5.51. The van der Waals surface area contributed by atoms with E-state index in [-0.39, 0.29) is 0 Å². The van der Waals surface area contributed by atoms with Crippen LogP contribution in [0.15, 0.2) is 36.5 Å². The molecule has 0 spiro atoms. The zero-order valence-electron chi connectivity index (χ0n) is 16.7. The Morgan fingerprint density at radius 2 is 2.04 bits per heavy atom. The average Bonchev–Trinajstić information content (AvgIpc) is 3.00. The number of pyridine rings is 1. The van der Waals surface area contributed by atoms with Gasteiger partial charge in [-0.05, 0) is 61.7 Å². The van der Waals surface area contributed by atoms with Crippen molar-refractivity contribution in [1.82, 2.24) is 14.5 Å². The first kappa shape index (κ1) is 18.1. The van der Waals surface area contributed by atoms with Crippen LogP contribution in [0.25, 0.3) is 10.9 Å². The lowest BCUT2D eigenvalue weighted by molar-refractivity contribution is 0.252. The van der Waals surface area contributed by atoms with Crippen LogP contribution < -0.4 is 4.74 Å². The van der Waals surface area contributed by atoms with Crippen molar-refractivity contribution >= 4 is 10.9 Å². The van der Waals surface area contributed by atoms with E-state index in [1.54, 1.807) is 7.11 Å². The fourth-order valence-corrected chi connectivity index (χ4v) is 4.26. The molecule has 0 atom stereocenters. The summed E-state index contributed by atoms with van der Waals surface area (Å²) in [6.45, 7) is 8.67. The highest BCUT2D eigenvalue weighted by Gasteiger charge is 2.23. The van der Waals surface area contributed by atoms with Gasteiger partial charge in [0, 0.05) is 54.5 Å². The number of rotatable bonds is 6. The smallest absolute Gasteiger partial charge is 0.119 e. The van der Waals surface area contributed by atoms with E-state index in [9.17, 15) is 0 Å². The van der Waals surface area contributed by atoms with Gasteiger partial charge in [-0.2, -0.15) is 0 Å². The number of benzene rings is 1. The second kappa shape index (κ2) is 7.73. The SMILES string of the molecule is CCCN1CCc2c(c3cc(OC)ccc3n2CCc2ccc(C)nc2)C1. The predicted octanol–water partition coefficient (Wildman–Crippen LogP) is 4.36. The van der Waals surface area contributed by atoms with Crippen LogP contribution in [0, 0.1) is 6.92 Å². The molecule has 1 aromatic carbocycles. The Morgan fingerprint density at radius 3 is 2.78 bits per heavy atom. The molecule has 0 fully saturated rings. The van der Waals surface area contributed by atoms with Gasteiger partial charge < -0.3 is 9.30 Å². The van der Waals surface area contributed by atoms with Crippen LogP contribution in [-0.4, -0.2) is 34.7 Å². The van der Waals surface area contributed by atoms with Gasteiger partial charge in [-0.15, -0.1) is 0 Å². The first-order chi connectivity index (χ1) is 13.2. The lowest BCUT2D eigenvalue weighted by atomic mass is 10.0. The molecule has 1 aliphatic rings. The topological polar surface area (TPSA) is 30.3 Å². The summed E-state index contributed by atoms with van der Waals surface area (Å²) in [5, 5.41) is 1.35. The Hall–Kier alpha value is -2.33. The number of hydrogen-bond acceptors (Lipinski definition) is 3. The molecule has 2 aromatic heterocycles. The molecule has 0 radical (unpaired) electrons. The van der Waals surface area contributed by atoms with Crippen LogP contribution in [0.3, 0.4) is 0 Å². The highest BCUT2D eigenvalue weighted by atomic mass is 16.5. The van der Waals surface area contributed by atoms with Crippen LogP contribution in [0.1, 0.15) is 35.9 Å². The molecule has 4 nitrogen and oxygen atoms in total. The lowest BCUT2D eigenvalue weighted by Crippen LogP contribution is -2.31. The summed E-state index contributed by atoms with van der Waals surface area (Å²) >= 11 is 0. The fourth-order valence-electron chi connectivity index (χ4n) is 4.26. The minimum absolute atomic E-state index is 0.942. The summed E-state index contributed by atoms with van der Waals surface area (Å²) in [6, 6.07) is 10.8. The number of aryl methyl sites for hydroxylation is 3. The molecule has 1 aliphatic heterocycles. The van der Waals surface area contributed by atoms with E-state index in [2.05, 4.69) is 51.7 Å². The quantitative estimate of drug-likeness (QED) is 0.652. The molecule has 0 saturated heterocycles. The van der Waals surface area contributed by atoms with Gasteiger partial charge >= 0.3 is 0 Å². The summed E-state index contributed by atoms with van der Waals surface area (Å²) < 4.78 is 8.04. The standard InChI is InChI=1S/C23H29N3O/c1-4-11-25-12-10-23-21(16-25)20-14-19(27-3)7-8-22(20)26(23)13-9-18-6-5-17(2)24-15-18/h5-8,14-15H,4,9-13,16H2,1-3H3. The van der Waals surface area contributed by atoms with Crippen LogP contribution in [0.2, 0.25) is 0 Å². The summed E-state index contributed by atoms with van der Waals surface area (Å²) in [4.78, 5) is 7.03. The minimum atomic E-state index is 0.942. The summed E-state index contributed by atoms with van der Waals surface area (Å²) in [5.74, 6) is 0.942. The third kappa shape index (κ3) is 3.59. The van der Waals surface area contributed by atoms with Gasteiger partial charge in [0.2, 0.25) is 0 Å². The van der Waals surface area contributed by atoms with Crippen LogP contribution in [0.5, 0.6) is 5.75 Å². The molecule has 0 saturated carbocycles. The van der Waals surface area contributed by atoms with Gasteiger partial charge in [0.25, 0.3) is 0 Å². The number of ether oxygens (including phenoxy) is 1. The van der Waals surface area contributed by atoms with E-state index in [1.807, 2.05) is 13.1 Å². The highest BCUT2D eigenvalue weighted by molar-refractivity contribution is 5.87. The molecule has 27 heavy (non-hydrogen) atoms. The van der Waals surface area contributed by atoms with Gasteiger partial charge in [-0.1, -0.05) is 13.0 Å². The van der Waals surface area contributed by atoms with Crippen LogP contribution >= 0.6 is 0 Å². The Kier molecular flexibility index (Phi) is 5.17. The van der Waals surface area contributed by atoms with Gasteiger partial charge in [0.05, 0.1) is 7.11 Å². The van der Waals surface area contributed by atoms with Crippen molar-refractivity contribution in [2.75, 3.05) is 20.2 Å². The van der Waals surface area contributed by atoms with Crippen molar-refractivity contribution in [3.63, 3.8) is 0 Å². The van der Waals surface area contributed by atoms with E-state index in [4.69, 9.17) is 4.74 Å². The van der Waals surface area contributed by atoms with Gasteiger partial charge in [-0.25, -0.2) is 0 Å². The highest BCUT2D eigenvalue weighted by Crippen LogP contribution is 2.33. The summed E-state index contributed by atoms with van der Waals surface area (Å²) in [5.41, 5.74) is 6.70. The number of hydrogen-bond donors (Lipinski definition) is 0. The van der Waals surface area contributed by atoms with Gasteiger partial charge in [0.15, 0.2) is 0 Å². The van der Waals surface area contributed by atoms with Crippen molar-refractivity contribution < 1.29 is 4.74 Å². The Balaban J connectivity index is 1.70. The molecular formula is C23H29N3O. The molecule has 0 unspecified atom stereocenters. The van der Waals surface area contributed by atoms with Crippen LogP contribution in [0.4, 0.5) is 0 Å². The summed E-state index contributed by atoms with van der Waals surface area (Å²) in [7, 11) is 1.75. The molecule has 0 N–H and O–H groups in total. The van der Waals surface area contributed by atoms with E-state index in [0.717, 1.165) is 43.9 Å². The Labute approximate surface area is 161 Å². The second-order valence-electron chi connectivity index (χ2n) is 7.54. The van der Waals surface area contributed by atoms with Crippen molar-refractivity contribution in [2.24, 2.45) is 0 Å². The van der Waals surface area contributed by atoms with Crippen LogP contribution in [-0.2, 0) is 25.9 Å². The van der Waals surface area contributed by atoms with E-state index in [1.165, 1.54) is 40.7 Å². The first-order valence-electron chi connectivity index (χ1n) is 10.0. The predicted molar refractivity (Wildman–Crippen MR) is 110 cm³/mol. The Morgan fingerprint density at radius 1 is 1.15 bits per heavy atom. The largest absolute Gasteiger partial charge is 0.497 e. The third-order valence-electron chi connectivity index (χ3n) is 5.68. The second-order valence-corrected chi connectivity index (χ2v) is 7.54. The molecular weight excluding hydrogens is 334 g/mol. The van der Waals surface area contributed by atoms with Gasteiger partial charge in [0.1, 0.15) is 5.75 Å². The number of nitrogens with zero attached hydrogens (tertiary/aromatic N) is 3. The van der Waals surface area contributed by atoms with Gasteiger partial charge in [-0.3, -0.25) is 9.88 Å². The third-order valence-corrected chi connectivity index (χ3v) is 5.68. The van der Waals surface area contributed by atoms with E-state index >= 15 is 0 Å². The van der Waals surface area contributed by atoms with Crippen molar-refractivity contribution in [3.05, 3.63) is 59.0 Å².